The highest BCUT2D eigenvalue weighted by Crippen LogP contribution is 2.46. The third-order valence-corrected chi connectivity index (χ3v) is 5.54. The van der Waals surface area contributed by atoms with Gasteiger partial charge in [0.25, 0.3) is 0 Å². The van der Waals surface area contributed by atoms with E-state index in [2.05, 4.69) is 0 Å². The fourth-order valence-electron chi connectivity index (χ4n) is 2.73. The zero-order chi connectivity index (χ0) is 20.8. The first kappa shape index (κ1) is 20.5. The average Bonchev–Trinajstić information content (AvgIpc) is 3.05. The van der Waals surface area contributed by atoms with Crippen molar-refractivity contribution in [2.75, 3.05) is 25.2 Å². The largest absolute Gasteiger partial charge is 0.493 e. The van der Waals surface area contributed by atoms with Gasteiger partial charge in [0.15, 0.2) is 6.61 Å². The van der Waals surface area contributed by atoms with E-state index in [4.69, 9.17) is 9.47 Å². The van der Waals surface area contributed by atoms with E-state index in [0.29, 0.717) is 10.8 Å². The van der Waals surface area contributed by atoms with Crippen LogP contribution < -0.4 is 9.64 Å². The zero-order valence-corrected chi connectivity index (χ0v) is 17.0. The second-order valence-electron chi connectivity index (χ2n) is 6.42. The highest BCUT2D eigenvalue weighted by molar-refractivity contribution is 8.03. The number of carbonyl (C=O) groups is 2. The first-order valence-electron chi connectivity index (χ1n) is 9.03. The predicted molar refractivity (Wildman–Crippen MR) is 111 cm³/mol. The van der Waals surface area contributed by atoms with E-state index in [-0.39, 0.29) is 18.6 Å². The van der Waals surface area contributed by atoms with E-state index >= 15 is 0 Å². The van der Waals surface area contributed by atoms with Crippen molar-refractivity contribution in [3.8, 4) is 11.8 Å². The number of hydrogen-bond acceptors (Lipinski definition) is 7. The van der Waals surface area contributed by atoms with Gasteiger partial charge in [-0.05, 0) is 31.2 Å². The minimum Gasteiger partial charge on any atom is -0.493 e. The third kappa shape index (κ3) is 4.98. The van der Waals surface area contributed by atoms with E-state index in [9.17, 15) is 14.9 Å². The van der Waals surface area contributed by atoms with Gasteiger partial charge in [0.1, 0.15) is 22.4 Å². The molecule has 29 heavy (non-hydrogen) atoms. The van der Waals surface area contributed by atoms with Crippen molar-refractivity contribution < 1.29 is 19.1 Å². The first-order chi connectivity index (χ1) is 14.0. The summed E-state index contributed by atoms with van der Waals surface area (Å²) in [6, 6.07) is 17.1. The van der Waals surface area contributed by atoms with Crippen LogP contribution in [0.2, 0.25) is 0 Å². The highest BCUT2D eigenvalue weighted by atomic mass is 32.2. The summed E-state index contributed by atoms with van der Waals surface area (Å²) < 4.78 is 10.5. The highest BCUT2D eigenvalue weighted by Gasteiger charge is 2.28. The Kier molecular flexibility index (Phi) is 6.57. The number of thioether (sulfide) groups is 1. The summed E-state index contributed by atoms with van der Waals surface area (Å²) >= 11 is 1.35. The number of carbonyl (C=O) groups excluding carboxylic acids is 2. The van der Waals surface area contributed by atoms with Gasteiger partial charge in [0.2, 0.25) is 5.78 Å². The molecule has 0 spiro atoms. The van der Waals surface area contributed by atoms with E-state index in [1.165, 1.54) is 11.8 Å². The van der Waals surface area contributed by atoms with Crippen molar-refractivity contribution in [1.82, 2.24) is 0 Å². The molecule has 0 unspecified atom stereocenters. The smallest absolute Gasteiger partial charge is 0.309 e. The van der Waals surface area contributed by atoms with E-state index < -0.39 is 18.4 Å². The van der Waals surface area contributed by atoms with Crippen LogP contribution in [-0.4, -0.2) is 32.0 Å². The Morgan fingerprint density at radius 2 is 1.86 bits per heavy atom. The fourth-order valence-corrected chi connectivity index (χ4v) is 3.89. The maximum atomic E-state index is 12.5. The lowest BCUT2D eigenvalue weighted by molar-refractivity contribution is -0.147. The molecule has 1 aliphatic rings. The summed E-state index contributed by atoms with van der Waals surface area (Å²) in [4.78, 5) is 27.1. The number of benzene rings is 2. The summed E-state index contributed by atoms with van der Waals surface area (Å²) in [5.74, 6) is -0.414. The van der Waals surface area contributed by atoms with Crippen molar-refractivity contribution in [3.05, 3.63) is 64.7 Å². The molecule has 0 saturated carbocycles. The summed E-state index contributed by atoms with van der Waals surface area (Å²) in [6.07, 6.45) is 0.0136. The number of aryl methyl sites for hydroxylation is 1. The summed E-state index contributed by atoms with van der Waals surface area (Å²) in [5.41, 5.74) is 2.03. The number of ketones is 1. The Bertz CT molecular complexity index is 993. The van der Waals surface area contributed by atoms with E-state index in [1.807, 2.05) is 61.5 Å². The molecule has 0 amide bonds. The van der Waals surface area contributed by atoms with E-state index in [0.717, 1.165) is 16.1 Å². The lowest BCUT2D eigenvalue weighted by Gasteiger charge is -2.14. The van der Waals surface area contributed by atoms with Gasteiger partial charge in [0, 0.05) is 11.9 Å². The van der Waals surface area contributed by atoms with Crippen LogP contribution in [0, 0.1) is 18.3 Å². The van der Waals surface area contributed by atoms with Crippen LogP contribution in [0.15, 0.2) is 64.0 Å². The summed E-state index contributed by atoms with van der Waals surface area (Å²) in [6.45, 7) is 1.65. The number of nitriles is 1. The minimum absolute atomic E-state index is 0.0136. The SMILES string of the molecule is Cc1ccc(OCCC(=O)OCC(=O)/C(C#N)=C2\Sc3ccccc3N2C)cc1. The monoisotopic (exact) mass is 408 g/mol. The molecular weight excluding hydrogens is 388 g/mol. The van der Waals surface area contributed by atoms with Gasteiger partial charge in [-0.25, -0.2) is 0 Å². The number of Topliss-reactive ketones (excluding diaryl/α,β-unsaturated/α-hetero) is 1. The zero-order valence-electron chi connectivity index (χ0n) is 16.2. The number of fused-ring (bicyclic) bond motifs is 1. The number of ether oxygens (including phenoxy) is 2. The summed E-state index contributed by atoms with van der Waals surface area (Å²) in [7, 11) is 1.80. The molecule has 0 atom stereocenters. The van der Waals surface area contributed by atoms with Crippen molar-refractivity contribution in [2.24, 2.45) is 0 Å². The van der Waals surface area contributed by atoms with Gasteiger partial charge < -0.3 is 14.4 Å². The number of hydrogen-bond donors (Lipinski definition) is 0. The topological polar surface area (TPSA) is 79.6 Å². The normalized spacial score (nSPS) is 14.0. The predicted octanol–water partition coefficient (Wildman–Crippen LogP) is 3.85. The van der Waals surface area contributed by atoms with Gasteiger partial charge in [-0.1, -0.05) is 41.6 Å². The number of esters is 1. The van der Waals surface area contributed by atoms with Crippen LogP contribution in [0.1, 0.15) is 12.0 Å². The maximum absolute atomic E-state index is 12.5. The molecule has 148 valence electrons. The molecule has 3 rings (SSSR count). The maximum Gasteiger partial charge on any atom is 0.309 e. The molecule has 0 radical (unpaired) electrons. The second-order valence-corrected chi connectivity index (χ2v) is 7.45. The lowest BCUT2D eigenvalue weighted by atomic mass is 10.2. The minimum atomic E-state index is -0.552. The Balaban J connectivity index is 1.52. The molecule has 1 aliphatic heterocycles. The second kappa shape index (κ2) is 9.30. The quantitative estimate of drug-likeness (QED) is 0.391. The number of nitrogens with zero attached hydrogens (tertiary/aromatic N) is 2. The molecule has 0 saturated heterocycles. The summed E-state index contributed by atoms with van der Waals surface area (Å²) in [5, 5.41) is 10.0. The molecule has 2 aromatic carbocycles. The Hall–Kier alpha value is -3.24. The first-order valence-corrected chi connectivity index (χ1v) is 9.84. The van der Waals surface area contributed by atoms with Crippen LogP contribution >= 0.6 is 11.8 Å². The fraction of sp³-hybridized carbons (Fsp3) is 0.227. The molecule has 1 heterocycles. The Labute approximate surface area is 173 Å². The molecule has 0 aliphatic carbocycles. The number of para-hydroxylation sites is 1. The molecule has 6 nitrogen and oxygen atoms in total. The van der Waals surface area contributed by atoms with Gasteiger partial charge in [-0.15, -0.1) is 0 Å². The third-order valence-electron chi connectivity index (χ3n) is 4.30. The van der Waals surface area contributed by atoms with Gasteiger partial charge in [-0.3, -0.25) is 9.59 Å². The number of anilines is 1. The molecule has 0 aromatic heterocycles. The van der Waals surface area contributed by atoms with Gasteiger partial charge >= 0.3 is 5.97 Å². The van der Waals surface area contributed by atoms with Crippen molar-refractivity contribution in [1.29, 1.82) is 5.26 Å². The van der Waals surface area contributed by atoms with Gasteiger partial charge in [-0.2, -0.15) is 5.26 Å². The Morgan fingerprint density at radius 1 is 1.14 bits per heavy atom. The lowest BCUT2D eigenvalue weighted by Crippen LogP contribution is -2.20. The molecule has 0 fully saturated rings. The van der Waals surface area contributed by atoms with Crippen LogP contribution in [0.3, 0.4) is 0 Å². The Morgan fingerprint density at radius 3 is 2.55 bits per heavy atom. The van der Waals surface area contributed by atoms with E-state index in [1.54, 1.807) is 11.9 Å². The van der Waals surface area contributed by atoms with Crippen LogP contribution in [0.4, 0.5) is 5.69 Å². The van der Waals surface area contributed by atoms with Crippen LogP contribution in [-0.2, 0) is 14.3 Å². The number of rotatable bonds is 7. The average molecular weight is 408 g/mol. The molecular formula is C22H20N2O4S. The molecule has 7 heteroatoms. The van der Waals surface area contributed by atoms with Gasteiger partial charge in [0.05, 0.1) is 18.7 Å². The van der Waals surface area contributed by atoms with Crippen LogP contribution in [0.25, 0.3) is 0 Å². The molecule has 0 bridgehead atoms. The molecule has 0 N–H and O–H groups in total. The van der Waals surface area contributed by atoms with Crippen molar-refractivity contribution >= 4 is 29.2 Å². The van der Waals surface area contributed by atoms with Crippen LogP contribution in [0.5, 0.6) is 5.75 Å². The van der Waals surface area contributed by atoms with Crippen molar-refractivity contribution in [3.63, 3.8) is 0 Å². The standard InChI is InChI=1S/C22H20N2O4S/c1-15-7-9-16(10-8-15)27-12-11-21(26)28-14-19(25)17(13-23)22-24(2)18-5-3-4-6-20(18)29-22/h3-10H,11-12,14H2,1-2H3/b22-17-. The molecule has 2 aromatic rings. The van der Waals surface area contributed by atoms with Crippen molar-refractivity contribution in [2.45, 2.75) is 18.2 Å².